The number of aliphatic carboxylic acids is 1. The second kappa shape index (κ2) is 7.97. The highest BCUT2D eigenvalue weighted by molar-refractivity contribution is 5.94. The lowest BCUT2D eigenvalue weighted by molar-refractivity contribution is -0.136. The van der Waals surface area contributed by atoms with Gasteiger partial charge in [-0.3, -0.25) is 9.59 Å². The van der Waals surface area contributed by atoms with Crippen molar-refractivity contribution in [2.45, 2.75) is 6.42 Å². The third-order valence-electron chi connectivity index (χ3n) is 2.40. The monoisotopic (exact) mass is 284 g/mol. The van der Waals surface area contributed by atoms with Crippen LogP contribution in [0.25, 0.3) is 0 Å². The molecule has 0 aliphatic heterocycles. The van der Waals surface area contributed by atoms with Crippen LogP contribution in [0.5, 0.6) is 0 Å². The topological polar surface area (TPSA) is 126 Å². The van der Waals surface area contributed by atoms with Crippen LogP contribution >= 0.6 is 0 Å². The van der Waals surface area contributed by atoms with E-state index in [4.69, 9.17) is 15.6 Å². The third kappa shape index (κ3) is 5.45. The molecule has 3 N–H and O–H groups in total. The van der Waals surface area contributed by atoms with Crippen molar-refractivity contribution in [2.75, 3.05) is 11.9 Å². The Morgan fingerprint density at radius 1 is 1.19 bits per heavy atom. The SMILES string of the molecule is N#CC(C#N)=CNc1ccc(C(=O)NCCC(=O)O)cc1. The highest BCUT2D eigenvalue weighted by atomic mass is 16.4. The van der Waals surface area contributed by atoms with Crippen LogP contribution in [0.15, 0.2) is 36.0 Å². The van der Waals surface area contributed by atoms with Crippen molar-refractivity contribution in [2.24, 2.45) is 0 Å². The fourth-order valence-electron chi connectivity index (χ4n) is 1.35. The van der Waals surface area contributed by atoms with E-state index < -0.39 is 5.97 Å². The molecule has 7 heteroatoms. The minimum atomic E-state index is -0.979. The van der Waals surface area contributed by atoms with Crippen LogP contribution in [0.4, 0.5) is 5.69 Å². The van der Waals surface area contributed by atoms with E-state index in [1.165, 1.54) is 6.20 Å². The van der Waals surface area contributed by atoms with Gasteiger partial charge >= 0.3 is 5.97 Å². The molecule has 0 heterocycles. The summed E-state index contributed by atoms with van der Waals surface area (Å²) in [6, 6.07) is 9.72. The summed E-state index contributed by atoms with van der Waals surface area (Å²) >= 11 is 0. The van der Waals surface area contributed by atoms with Gasteiger partial charge in [0, 0.05) is 24.0 Å². The van der Waals surface area contributed by atoms with Crippen molar-refractivity contribution in [3.05, 3.63) is 41.6 Å². The molecule has 1 rings (SSSR count). The molecular weight excluding hydrogens is 272 g/mol. The zero-order valence-electron chi connectivity index (χ0n) is 11.0. The molecule has 0 atom stereocenters. The van der Waals surface area contributed by atoms with Crippen LogP contribution in [0.2, 0.25) is 0 Å². The molecule has 1 aromatic rings. The second-order valence-electron chi connectivity index (χ2n) is 3.90. The number of nitrogens with one attached hydrogen (secondary N) is 2. The van der Waals surface area contributed by atoms with Gasteiger partial charge in [0.2, 0.25) is 0 Å². The van der Waals surface area contributed by atoms with E-state index in [-0.39, 0.29) is 24.4 Å². The molecule has 1 amide bonds. The summed E-state index contributed by atoms with van der Waals surface area (Å²) in [4.78, 5) is 22.0. The molecule has 0 fully saturated rings. The molecule has 0 aromatic heterocycles. The lowest BCUT2D eigenvalue weighted by Gasteiger charge is -2.05. The molecule has 7 nitrogen and oxygen atoms in total. The number of carboxylic acid groups (broad SMARTS) is 1. The van der Waals surface area contributed by atoms with Crippen LogP contribution in [0.1, 0.15) is 16.8 Å². The highest BCUT2D eigenvalue weighted by Gasteiger charge is 2.05. The van der Waals surface area contributed by atoms with Crippen LogP contribution in [0.3, 0.4) is 0 Å². The number of amides is 1. The van der Waals surface area contributed by atoms with Gasteiger partial charge in [0.1, 0.15) is 17.7 Å². The van der Waals surface area contributed by atoms with E-state index >= 15 is 0 Å². The zero-order chi connectivity index (χ0) is 15.7. The fourth-order valence-corrected chi connectivity index (χ4v) is 1.35. The summed E-state index contributed by atoms with van der Waals surface area (Å²) in [5, 5.41) is 30.8. The molecule has 106 valence electrons. The quantitative estimate of drug-likeness (QED) is 0.674. The minimum absolute atomic E-state index is 0.0601. The number of anilines is 1. The molecule has 0 aliphatic rings. The van der Waals surface area contributed by atoms with Gasteiger partial charge in [0.05, 0.1) is 6.42 Å². The van der Waals surface area contributed by atoms with Gasteiger partial charge in [0.15, 0.2) is 0 Å². The Kier molecular flexibility index (Phi) is 5.97. The van der Waals surface area contributed by atoms with Crippen molar-refractivity contribution in [1.29, 1.82) is 10.5 Å². The molecule has 0 unspecified atom stereocenters. The first-order chi connectivity index (χ1) is 10.1. The van der Waals surface area contributed by atoms with Gasteiger partial charge in [-0.2, -0.15) is 10.5 Å². The number of carbonyl (C=O) groups is 2. The van der Waals surface area contributed by atoms with Gasteiger partial charge in [-0.25, -0.2) is 0 Å². The first-order valence-corrected chi connectivity index (χ1v) is 5.93. The number of hydrogen-bond acceptors (Lipinski definition) is 5. The van der Waals surface area contributed by atoms with E-state index in [1.54, 1.807) is 36.4 Å². The summed E-state index contributed by atoms with van der Waals surface area (Å²) in [6.45, 7) is 0.0601. The zero-order valence-corrected chi connectivity index (χ0v) is 11.0. The number of hydrogen-bond donors (Lipinski definition) is 3. The number of nitriles is 2. The van der Waals surface area contributed by atoms with E-state index in [9.17, 15) is 9.59 Å². The maximum atomic E-state index is 11.7. The molecule has 0 spiro atoms. The number of rotatable bonds is 6. The lowest BCUT2D eigenvalue weighted by Crippen LogP contribution is -2.25. The minimum Gasteiger partial charge on any atom is -0.481 e. The first-order valence-electron chi connectivity index (χ1n) is 5.93. The number of allylic oxidation sites excluding steroid dienone is 1. The molecule has 0 aliphatic carbocycles. The van der Waals surface area contributed by atoms with Crippen LogP contribution in [-0.2, 0) is 4.79 Å². The number of carbonyl (C=O) groups excluding carboxylic acids is 1. The Morgan fingerprint density at radius 2 is 1.81 bits per heavy atom. The van der Waals surface area contributed by atoms with Crippen LogP contribution in [-0.4, -0.2) is 23.5 Å². The van der Waals surface area contributed by atoms with E-state index in [0.29, 0.717) is 11.3 Å². The molecule has 1 aromatic carbocycles. The molecule has 0 saturated heterocycles. The van der Waals surface area contributed by atoms with E-state index in [0.717, 1.165) is 0 Å². The Morgan fingerprint density at radius 3 is 2.33 bits per heavy atom. The fraction of sp³-hybridized carbons (Fsp3) is 0.143. The summed E-state index contributed by atoms with van der Waals surface area (Å²) in [5.41, 5.74) is 0.932. The maximum Gasteiger partial charge on any atom is 0.305 e. The van der Waals surface area contributed by atoms with Gasteiger partial charge in [-0.1, -0.05) is 0 Å². The van der Waals surface area contributed by atoms with E-state index in [1.807, 2.05) is 0 Å². The predicted molar refractivity (Wildman–Crippen MR) is 74.0 cm³/mol. The van der Waals surface area contributed by atoms with Crippen molar-refractivity contribution in [3.8, 4) is 12.1 Å². The molecule has 0 radical (unpaired) electrons. The Bertz CT molecular complexity index is 620. The average Bonchev–Trinajstić information content (AvgIpc) is 2.48. The summed E-state index contributed by atoms with van der Waals surface area (Å²) in [5.74, 6) is -1.35. The maximum absolute atomic E-state index is 11.7. The van der Waals surface area contributed by atoms with E-state index in [2.05, 4.69) is 10.6 Å². The van der Waals surface area contributed by atoms with Crippen molar-refractivity contribution >= 4 is 17.6 Å². The molecule has 21 heavy (non-hydrogen) atoms. The number of nitrogens with zero attached hydrogens (tertiary/aromatic N) is 2. The standard InChI is InChI=1S/C14H12N4O3/c15-7-10(8-16)9-18-12-3-1-11(2-4-12)14(21)17-6-5-13(19)20/h1-4,9,18H,5-6H2,(H,17,21)(H,19,20). The van der Waals surface area contributed by atoms with Crippen LogP contribution < -0.4 is 10.6 Å². The smallest absolute Gasteiger partial charge is 0.305 e. The predicted octanol–water partition coefficient (Wildman–Crippen LogP) is 1.23. The Hall–Kier alpha value is -3.32. The van der Waals surface area contributed by atoms with Gasteiger partial charge in [-0.05, 0) is 24.3 Å². The molecular formula is C14H12N4O3. The van der Waals surface area contributed by atoms with Gasteiger partial charge in [-0.15, -0.1) is 0 Å². The van der Waals surface area contributed by atoms with Gasteiger partial charge in [0.25, 0.3) is 5.91 Å². The Balaban J connectivity index is 2.60. The van der Waals surface area contributed by atoms with Crippen molar-refractivity contribution in [3.63, 3.8) is 0 Å². The number of benzene rings is 1. The third-order valence-corrected chi connectivity index (χ3v) is 2.40. The van der Waals surface area contributed by atoms with Crippen molar-refractivity contribution < 1.29 is 14.7 Å². The number of carboxylic acids is 1. The van der Waals surface area contributed by atoms with Crippen LogP contribution in [0, 0.1) is 22.7 Å². The first kappa shape index (κ1) is 15.7. The average molecular weight is 284 g/mol. The Labute approximate surface area is 121 Å². The van der Waals surface area contributed by atoms with Crippen molar-refractivity contribution in [1.82, 2.24) is 5.32 Å². The summed E-state index contributed by atoms with van der Waals surface area (Å²) in [7, 11) is 0. The molecule has 0 saturated carbocycles. The highest BCUT2D eigenvalue weighted by Crippen LogP contribution is 2.10. The van der Waals surface area contributed by atoms with Gasteiger partial charge < -0.3 is 15.7 Å². The largest absolute Gasteiger partial charge is 0.481 e. The molecule has 0 bridgehead atoms. The summed E-state index contributed by atoms with van der Waals surface area (Å²) in [6.07, 6.45) is 1.13. The summed E-state index contributed by atoms with van der Waals surface area (Å²) < 4.78 is 0. The second-order valence-corrected chi connectivity index (χ2v) is 3.90. The normalized spacial score (nSPS) is 8.86. The lowest BCUT2D eigenvalue weighted by atomic mass is 10.2.